The molecule has 0 fully saturated rings. The minimum atomic E-state index is -0.610. The molecule has 2 atom stereocenters. The van der Waals surface area contributed by atoms with Crippen molar-refractivity contribution in [1.82, 2.24) is 0 Å². The zero-order valence-corrected chi connectivity index (χ0v) is 29.1. The van der Waals surface area contributed by atoms with Crippen molar-refractivity contribution in [2.75, 3.05) is 26.4 Å². The fourth-order valence-electron chi connectivity index (χ4n) is 8.62. The molecule has 52 heavy (non-hydrogen) atoms. The second-order valence-electron chi connectivity index (χ2n) is 14.2. The van der Waals surface area contributed by atoms with Crippen molar-refractivity contribution in [2.24, 2.45) is 11.3 Å². The molecular formula is C48H40O4. The minimum Gasteiger partial charge on any atom is -0.491 e. The SMILES string of the molecule is CC12C=CC=CC1C=CC(c1ccc3c(c1)C(c1ccc4cc(OCCO)ccc4c1)(c1ccc4cc(OCCO)ccc4c1)c1ccccc1-3)=C2. The number of hydrogen-bond donors (Lipinski definition) is 2. The van der Waals surface area contributed by atoms with Gasteiger partial charge in [-0.3, -0.25) is 0 Å². The number of allylic oxidation sites excluding steroid dienone is 8. The first kappa shape index (κ1) is 32.2. The van der Waals surface area contributed by atoms with Crippen molar-refractivity contribution in [3.8, 4) is 22.6 Å². The first-order valence-corrected chi connectivity index (χ1v) is 18.1. The summed E-state index contributed by atoms with van der Waals surface area (Å²) in [6, 6.07) is 41.8. The van der Waals surface area contributed by atoms with E-state index in [1.54, 1.807) is 0 Å². The van der Waals surface area contributed by atoms with Gasteiger partial charge in [0, 0.05) is 11.3 Å². The van der Waals surface area contributed by atoms with Crippen molar-refractivity contribution >= 4 is 27.1 Å². The number of rotatable bonds is 9. The lowest BCUT2D eigenvalue weighted by Crippen LogP contribution is -2.29. The molecule has 0 aliphatic heterocycles. The molecule has 6 aromatic rings. The Bertz CT molecular complexity index is 2390. The van der Waals surface area contributed by atoms with Crippen LogP contribution in [-0.4, -0.2) is 36.6 Å². The van der Waals surface area contributed by atoms with E-state index in [0.29, 0.717) is 5.92 Å². The molecular weight excluding hydrogens is 641 g/mol. The van der Waals surface area contributed by atoms with Crippen LogP contribution in [0.2, 0.25) is 0 Å². The van der Waals surface area contributed by atoms with Crippen LogP contribution in [0.1, 0.15) is 34.7 Å². The van der Waals surface area contributed by atoms with Gasteiger partial charge in [0.2, 0.25) is 0 Å². The van der Waals surface area contributed by atoms with Gasteiger partial charge in [-0.1, -0.05) is 122 Å². The largest absolute Gasteiger partial charge is 0.491 e. The van der Waals surface area contributed by atoms with Crippen LogP contribution < -0.4 is 9.47 Å². The van der Waals surface area contributed by atoms with E-state index in [2.05, 4.69) is 140 Å². The summed E-state index contributed by atoms with van der Waals surface area (Å²) in [5.41, 5.74) is 9.13. The van der Waals surface area contributed by atoms with Crippen molar-refractivity contribution in [2.45, 2.75) is 12.3 Å². The van der Waals surface area contributed by atoms with Crippen LogP contribution in [0.3, 0.4) is 0 Å². The maximum atomic E-state index is 9.32. The molecule has 3 aliphatic carbocycles. The zero-order chi connectivity index (χ0) is 35.3. The number of benzene rings is 6. The number of aliphatic hydroxyl groups excluding tert-OH is 2. The number of ether oxygens (including phenoxy) is 2. The van der Waals surface area contributed by atoms with Crippen molar-refractivity contribution in [3.63, 3.8) is 0 Å². The van der Waals surface area contributed by atoms with Crippen molar-refractivity contribution < 1.29 is 19.7 Å². The molecule has 4 nitrogen and oxygen atoms in total. The third-order valence-corrected chi connectivity index (χ3v) is 11.1. The molecule has 2 unspecified atom stereocenters. The molecule has 256 valence electrons. The fraction of sp³-hybridized carbons (Fsp3) is 0.167. The number of aliphatic hydroxyl groups is 2. The average molecular weight is 681 g/mol. The Kier molecular flexibility index (Phi) is 7.95. The van der Waals surface area contributed by atoms with E-state index in [9.17, 15) is 10.2 Å². The van der Waals surface area contributed by atoms with E-state index >= 15 is 0 Å². The maximum Gasteiger partial charge on any atom is 0.120 e. The molecule has 3 aliphatic rings. The van der Waals surface area contributed by atoms with Crippen LogP contribution in [-0.2, 0) is 5.41 Å². The summed E-state index contributed by atoms with van der Waals surface area (Å²) in [5.74, 6) is 1.84. The molecule has 9 rings (SSSR count). The quantitative estimate of drug-likeness (QED) is 0.159. The van der Waals surface area contributed by atoms with Crippen molar-refractivity contribution in [3.05, 3.63) is 186 Å². The average Bonchev–Trinajstić information content (AvgIpc) is 3.48. The second kappa shape index (κ2) is 12.8. The minimum absolute atomic E-state index is 0.0245. The Balaban J connectivity index is 1.28. The van der Waals surface area contributed by atoms with Crippen LogP contribution in [0.25, 0.3) is 38.2 Å². The Morgan fingerprint density at radius 2 is 1.21 bits per heavy atom. The summed E-state index contributed by atoms with van der Waals surface area (Å²) in [6.07, 6.45) is 16.0. The summed E-state index contributed by atoms with van der Waals surface area (Å²) in [6.45, 7) is 2.79. The summed E-state index contributed by atoms with van der Waals surface area (Å²) in [4.78, 5) is 0. The highest BCUT2D eigenvalue weighted by Crippen LogP contribution is 2.57. The van der Waals surface area contributed by atoms with E-state index in [1.807, 2.05) is 24.3 Å². The molecule has 6 aromatic carbocycles. The van der Waals surface area contributed by atoms with Crippen LogP contribution >= 0.6 is 0 Å². The first-order valence-electron chi connectivity index (χ1n) is 18.1. The van der Waals surface area contributed by atoms with Gasteiger partial charge in [-0.05, 0) is 109 Å². The third kappa shape index (κ3) is 5.21. The molecule has 0 saturated carbocycles. The van der Waals surface area contributed by atoms with E-state index in [4.69, 9.17) is 9.47 Å². The number of fused-ring (bicyclic) bond motifs is 6. The van der Waals surface area contributed by atoms with Crippen molar-refractivity contribution in [1.29, 1.82) is 0 Å². The molecule has 0 aromatic heterocycles. The van der Waals surface area contributed by atoms with E-state index in [1.165, 1.54) is 44.5 Å². The molecule has 0 amide bonds. The zero-order valence-electron chi connectivity index (χ0n) is 29.1. The Morgan fingerprint density at radius 1 is 0.596 bits per heavy atom. The van der Waals surface area contributed by atoms with Gasteiger partial charge in [0.05, 0.1) is 18.6 Å². The summed E-state index contributed by atoms with van der Waals surface area (Å²) >= 11 is 0. The van der Waals surface area contributed by atoms with Gasteiger partial charge in [0.1, 0.15) is 24.7 Å². The number of hydrogen-bond acceptors (Lipinski definition) is 4. The standard InChI is InChI=1S/C48H40O4/c1-47-21-5-4-6-38(47)15-11-37(31-47)36-14-20-44-43-7-2-3-8-45(43)48(46(44)30-36,39-16-9-34-28-41(51-24-22-49)18-12-32(34)26-39)40-17-10-35-29-42(52-25-23-50)19-13-33(35)27-40/h2-21,26-31,38,49-50H,22-25H2,1H3. The topological polar surface area (TPSA) is 58.9 Å². The highest BCUT2D eigenvalue weighted by molar-refractivity contribution is 5.93. The van der Waals surface area contributed by atoms with Gasteiger partial charge in [0.15, 0.2) is 0 Å². The summed E-state index contributed by atoms with van der Waals surface area (Å²) in [5, 5.41) is 23.1. The van der Waals surface area contributed by atoms with E-state index in [-0.39, 0.29) is 31.8 Å². The monoisotopic (exact) mass is 680 g/mol. The van der Waals surface area contributed by atoms with Gasteiger partial charge < -0.3 is 19.7 Å². The lowest BCUT2D eigenvalue weighted by atomic mass is 9.66. The Labute approximate surface area is 304 Å². The molecule has 4 heteroatoms. The highest BCUT2D eigenvalue weighted by Gasteiger charge is 2.46. The van der Waals surface area contributed by atoms with E-state index in [0.717, 1.165) is 33.0 Å². The van der Waals surface area contributed by atoms with Gasteiger partial charge in [-0.25, -0.2) is 0 Å². The van der Waals surface area contributed by atoms with Crippen LogP contribution in [0.5, 0.6) is 11.5 Å². The normalized spacial score (nSPS) is 19.3. The molecule has 0 bridgehead atoms. The maximum absolute atomic E-state index is 9.32. The summed E-state index contributed by atoms with van der Waals surface area (Å²) in [7, 11) is 0. The fourth-order valence-corrected chi connectivity index (χ4v) is 8.62. The van der Waals surface area contributed by atoms with E-state index < -0.39 is 5.41 Å². The predicted octanol–water partition coefficient (Wildman–Crippen LogP) is 9.80. The van der Waals surface area contributed by atoms with Crippen LogP contribution in [0.15, 0.2) is 158 Å². The third-order valence-electron chi connectivity index (χ3n) is 11.1. The molecule has 0 spiro atoms. The highest BCUT2D eigenvalue weighted by atomic mass is 16.5. The van der Waals surface area contributed by atoms with Gasteiger partial charge in [-0.15, -0.1) is 0 Å². The van der Waals surface area contributed by atoms with Gasteiger partial charge in [0.25, 0.3) is 0 Å². The first-order chi connectivity index (χ1) is 25.5. The lowest BCUT2D eigenvalue weighted by molar-refractivity contribution is 0.201. The van der Waals surface area contributed by atoms with Crippen LogP contribution in [0, 0.1) is 11.3 Å². The smallest absolute Gasteiger partial charge is 0.120 e. The van der Waals surface area contributed by atoms with Gasteiger partial charge in [-0.2, -0.15) is 0 Å². The Morgan fingerprint density at radius 3 is 1.88 bits per heavy atom. The van der Waals surface area contributed by atoms with Gasteiger partial charge >= 0.3 is 0 Å². The van der Waals surface area contributed by atoms with Crippen LogP contribution in [0.4, 0.5) is 0 Å². The second-order valence-corrected chi connectivity index (χ2v) is 14.2. The molecule has 0 heterocycles. The molecule has 0 saturated heterocycles. The Hall–Kier alpha value is -5.68. The predicted molar refractivity (Wildman–Crippen MR) is 211 cm³/mol. The summed E-state index contributed by atoms with van der Waals surface area (Å²) < 4.78 is 11.5. The lowest BCUT2D eigenvalue weighted by Gasteiger charge is -2.35. The molecule has 0 radical (unpaired) electrons. The molecule has 2 N–H and O–H groups in total.